The Hall–Kier alpha value is -0.590. The van der Waals surface area contributed by atoms with E-state index in [-0.39, 0.29) is 0 Å². The normalized spacial score (nSPS) is 10.2. The van der Waals surface area contributed by atoms with Crippen LogP contribution in [0, 0.1) is 11.3 Å². The summed E-state index contributed by atoms with van der Waals surface area (Å²) in [6.07, 6.45) is 3.26. The molecule has 0 saturated heterocycles. The number of nitriles is 1. The van der Waals surface area contributed by atoms with Crippen molar-refractivity contribution in [1.82, 2.24) is 0 Å². The zero-order valence-corrected chi connectivity index (χ0v) is 9.97. The fraction of sp³-hybridized carbons (Fsp3) is 0.100. The van der Waals surface area contributed by atoms with Crippen molar-refractivity contribution in [1.29, 1.82) is 5.26 Å². The van der Waals surface area contributed by atoms with Crippen molar-refractivity contribution in [3.8, 4) is 6.07 Å². The lowest BCUT2D eigenvalue weighted by Crippen LogP contribution is -1.80. The Bertz CT molecular complexity index is 364. The highest BCUT2D eigenvalue weighted by Gasteiger charge is 1.95. The molecule has 0 N–H and O–H groups in total. The Kier molecular flexibility index (Phi) is 4.20. The third-order valence-corrected chi connectivity index (χ3v) is 2.59. The van der Waals surface area contributed by atoms with Crippen LogP contribution in [0.2, 0.25) is 0 Å². The maximum Gasteiger partial charge on any atom is 0.0912 e. The Morgan fingerprint density at radius 1 is 1.38 bits per heavy atom. The first kappa shape index (κ1) is 10.5. The fourth-order valence-electron chi connectivity index (χ4n) is 0.982. The van der Waals surface area contributed by atoms with E-state index in [4.69, 9.17) is 5.26 Å². The van der Waals surface area contributed by atoms with Crippen molar-refractivity contribution in [2.24, 2.45) is 0 Å². The van der Waals surface area contributed by atoms with Gasteiger partial charge in [-0.25, -0.2) is 0 Å². The molecule has 66 valence electrons. The molecular formula is C10H7Br2N. The van der Waals surface area contributed by atoms with Crippen LogP contribution in [0.4, 0.5) is 0 Å². The first-order chi connectivity index (χ1) is 6.26. The minimum atomic E-state index is 0.819. The number of nitrogens with zero attached hydrogens (tertiary/aromatic N) is 1. The average molecular weight is 301 g/mol. The van der Waals surface area contributed by atoms with E-state index in [0.29, 0.717) is 0 Å². The number of benzene rings is 1. The van der Waals surface area contributed by atoms with Gasteiger partial charge in [-0.2, -0.15) is 5.26 Å². The number of hydrogen-bond acceptors (Lipinski definition) is 1. The maximum atomic E-state index is 8.37. The smallest absolute Gasteiger partial charge is 0.0912 e. The minimum absolute atomic E-state index is 0.819. The lowest BCUT2D eigenvalue weighted by atomic mass is 10.1. The fourth-order valence-corrected chi connectivity index (χ4v) is 1.86. The highest BCUT2D eigenvalue weighted by molar-refractivity contribution is 9.10. The monoisotopic (exact) mass is 299 g/mol. The van der Waals surface area contributed by atoms with Crippen LogP contribution in [-0.4, -0.2) is 0 Å². The average Bonchev–Trinajstić information content (AvgIpc) is 2.14. The van der Waals surface area contributed by atoms with Gasteiger partial charge in [0.2, 0.25) is 0 Å². The van der Waals surface area contributed by atoms with E-state index >= 15 is 0 Å². The van der Waals surface area contributed by atoms with Crippen LogP contribution in [-0.2, 0) is 5.33 Å². The van der Waals surface area contributed by atoms with Crippen LogP contribution in [0.25, 0.3) is 6.08 Å². The molecule has 1 aromatic rings. The van der Waals surface area contributed by atoms with Crippen molar-refractivity contribution in [3.05, 3.63) is 39.9 Å². The van der Waals surface area contributed by atoms with Crippen molar-refractivity contribution < 1.29 is 0 Å². The summed E-state index contributed by atoms with van der Waals surface area (Å²) in [5.74, 6) is 0. The number of hydrogen-bond donors (Lipinski definition) is 0. The van der Waals surface area contributed by atoms with E-state index in [0.717, 1.165) is 15.4 Å². The van der Waals surface area contributed by atoms with Crippen molar-refractivity contribution >= 4 is 37.9 Å². The molecule has 0 aromatic heterocycles. The van der Waals surface area contributed by atoms with Gasteiger partial charge in [0.15, 0.2) is 0 Å². The molecule has 0 amide bonds. The van der Waals surface area contributed by atoms with E-state index in [9.17, 15) is 0 Å². The lowest BCUT2D eigenvalue weighted by Gasteiger charge is -1.99. The van der Waals surface area contributed by atoms with Gasteiger partial charge in [-0.1, -0.05) is 37.9 Å². The van der Waals surface area contributed by atoms with E-state index < -0.39 is 0 Å². The second-order valence-corrected chi connectivity index (χ2v) is 3.97. The largest absolute Gasteiger partial charge is 0.193 e. The van der Waals surface area contributed by atoms with Crippen molar-refractivity contribution in [3.63, 3.8) is 0 Å². The summed E-state index contributed by atoms with van der Waals surface area (Å²) in [6, 6.07) is 8.01. The summed E-state index contributed by atoms with van der Waals surface area (Å²) in [6.45, 7) is 0. The molecule has 0 saturated carbocycles. The van der Waals surface area contributed by atoms with Gasteiger partial charge in [0.05, 0.1) is 6.07 Å². The number of rotatable bonds is 2. The summed E-state index contributed by atoms with van der Waals surface area (Å²) in [4.78, 5) is 0. The molecule has 0 atom stereocenters. The zero-order chi connectivity index (χ0) is 9.68. The van der Waals surface area contributed by atoms with Crippen LogP contribution < -0.4 is 0 Å². The summed E-state index contributed by atoms with van der Waals surface area (Å²) < 4.78 is 1.03. The highest BCUT2D eigenvalue weighted by atomic mass is 79.9. The molecule has 0 spiro atoms. The van der Waals surface area contributed by atoms with Crippen LogP contribution in [0.5, 0.6) is 0 Å². The summed E-state index contributed by atoms with van der Waals surface area (Å²) >= 11 is 6.79. The Morgan fingerprint density at radius 3 is 2.77 bits per heavy atom. The van der Waals surface area contributed by atoms with Gasteiger partial charge in [-0.15, -0.1) is 0 Å². The molecule has 3 heteroatoms. The first-order valence-corrected chi connectivity index (χ1v) is 5.59. The summed E-state index contributed by atoms with van der Waals surface area (Å²) in [5.41, 5.74) is 2.22. The van der Waals surface area contributed by atoms with Gasteiger partial charge in [-0.05, 0) is 29.3 Å². The molecule has 0 radical (unpaired) electrons. The summed E-state index contributed by atoms with van der Waals surface area (Å²) in [7, 11) is 0. The molecule has 0 unspecified atom stereocenters. The molecule has 1 aromatic carbocycles. The minimum Gasteiger partial charge on any atom is -0.193 e. The van der Waals surface area contributed by atoms with Crippen molar-refractivity contribution in [2.45, 2.75) is 5.33 Å². The molecular weight excluding hydrogens is 294 g/mol. The molecule has 0 aliphatic rings. The molecule has 0 heterocycles. The van der Waals surface area contributed by atoms with Gasteiger partial charge < -0.3 is 0 Å². The molecule has 1 rings (SSSR count). The van der Waals surface area contributed by atoms with Crippen LogP contribution in [0.3, 0.4) is 0 Å². The third kappa shape index (κ3) is 3.33. The molecule has 0 aliphatic heterocycles. The van der Waals surface area contributed by atoms with Gasteiger partial charge in [0, 0.05) is 15.9 Å². The number of allylic oxidation sites excluding steroid dienone is 1. The Morgan fingerprint density at radius 2 is 2.15 bits per heavy atom. The van der Waals surface area contributed by atoms with Gasteiger partial charge in [0.25, 0.3) is 0 Å². The quantitative estimate of drug-likeness (QED) is 0.600. The van der Waals surface area contributed by atoms with Gasteiger partial charge in [0.1, 0.15) is 0 Å². The number of halogens is 2. The van der Waals surface area contributed by atoms with E-state index in [1.807, 2.05) is 24.3 Å². The predicted octanol–water partition coefficient (Wildman–Crippen LogP) is 3.88. The second kappa shape index (κ2) is 5.21. The molecule has 0 bridgehead atoms. The molecule has 13 heavy (non-hydrogen) atoms. The van der Waals surface area contributed by atoms with Gasteiger partial charge in [-0.3, -0.25) is 0 Å². The third-order valence-electron chi connectivity index (χ3n) is 1.48. The zero-order valence-electron chi connectivity index (χ0n) is 6.80. The Labute approximate surface area is 94.3 Å². The van der Waals surface area contributed by atoms with Gasteiger partial charge >= 0.3 is 0 Å². The maximum absolute atomic E-state index is 8.37. The van der Waals surface area contributed by atoms with E-state index in [2.05, 4.69) is 31.9 Å². The predicted molar refractivity (Wildman–Crippen MR) is 61.4 cm³/mol. The Balaban J connectivity index is 3.03. The standard InChI is InChI=1S/C10H7Br2N/c11-7-9-4-8(2-1-3-13)5-10(12)6-9/h1-2,4-6H,7H2/b2-1+. The van der Waals surface area contributed by atoms with E-state index in [1.165, 1.54) is 11.6 Å². The second-order valence-electron chi connectivity index (χ2n) is 2.49. The summed E-state index contributed by atoms with van der Waals surface area (Å²) in [5, 5.41) is 9.18. The van der Waals surface area contributed by atoms with E-state index in [1.54, 1.807) is 6.08 Å². The molecule has 0 aliphatic carbocycles. The van der Waals surface area contributed by atoms with Crippen LogP contribution in [0.1, 0.15) is 11.1 Å². The molecule has 0 fully saturated rings. The van der Waals surface area contributed by atoms with Crippen LogP contribution >= 0.6 is 31.9 Å². The number of alkyl halides is 1. The van der Waals surface area contributed by atoms with Crippen molar-refractivity contribution in [2.75, 3.05) is 0 Å². The SMILES string of the molecule is N#C/C=C/c1cc(Br)cc(CBr)c1. The topological polar surface area (TPSA) is 23.8 Å². The lowest BCUT2D eigenvalue weighted by molar-refractivity contribution is 1.41. The first-order valence-electron chi connectivity index (χ1n) is 3.68. The van der Waals surface area contributed by atoms with Crippen LogP contribution in [0.15, 0.2) is 28.7 Å². The molecule has 1 nitrogen and oxygen atoms in total. The highest BCUT2D eigenvalue weighted by Crippen LogP contribution is 2.18.